The number of hydrogen-bond acceptors (Lipinski definition) is 5. The molecule has 6 nitrogen and oxygen atoms in total. The van der Waals surface area contributed by atoms with E-state index < -0.39 is 17.8 Å². The normalized spacial score (nSPS) is 12.7. The number of ether oxygens (including phenoxy) is 1. The van der Waals surface area contributed by atoms with Crippen molar-refractivity contribution in [2.24, 2.45) is 0 Å². The molecule has 0 spiro atoms. The van der Waals surface area contributed by atoms with Gasteiger partial charge in [-0.3, -0.25) is 4.90 Å². The molecule has 36 heavy (non-hydrogen) atoms. The summed E-state index contributed by atoms with van der Waals surface area (Å²) in [6.07, 6.45) is -4.49. The molecular formula is C26H25ClF3N5O. The van der Waals surface area contributed by atoms with Gasteiger partial charge in [-0.05, 0) is 45.3 Å². The fraction of sp³-hybridized carbons (Fsp3) is 0.269. The van der Waals surface area contributed by atoms with Crippen molar-refractivity contribution in [1.82, 2.24) is 25.1 Å². The van der Waals surface area contributed by atoms with Gasteiger partial charge in [-0.2, -0.15) is 13.2 Å². The van der Waals surface area contributed by atoms with Crippen molar-refractivity contribution in [3.8, 4) is 0 Å². The van der Waals surface area contributed by atoms with Gasteiger partial charge in [-0.1, -0.05) is 72.3 Å². The van der Waals surface area contributed by atoms with Crippen molar-refractivity contribution in [3.05, 3.63) is 112 Å². The van der Waals surface area contributed by atoms with E-state index in [1.165, 1.54) is 6.07 Å². The minimum atomic E-state index is -4.49. The maximum atomic E-state index is 13.7. The first kappa shape index (κ1) is 25.8. The number of rotatable bonds is 10. The molecule has 4 rings (SSSR count). The van der Waals surface area contributed by atoms with Crippen molar-refractivity contribution in [2.45, 2.75) is 31.9 Å². The molecule has 10 heteroatoms. The molecule has 0 bridgehead atoms. The van der Waals surface area contributed by atoms with E-state index >= 15 is 0 Å². The molecule has 0 aliphatic carbocycles. The second-order valence-electron chi connectivity index (χ2n) is 8.26. The third-order valence-electron chi connectivity index (χ3n) is 5.77. The summed E-state index contributed by atoms with van der Waals surface area (Å²) in [7, 11) is 1.56. The Bertz CT molecular complexity index is 1270. The Hall–Kier alpha value is -3.27. The van der Waals surface area contributed by atoms with Gasteiger partial charge < -0.3 is 4.74 Å². The third-order valence-corrected chi connectivity index (χ3v) is 6.13. The molecule has 1 atom stereocenters. The Labute approximate surface area is 212 Å². The highest BCUT2D eigenvalue weighted by molar-refractivity contribution is 6.31. The molecule has 0 radical (unpaired) electrons. The van der Waals surface area contributed by atoms with E-state index in [2.05, 4.69) is 15.5 Å². The number of methoxy groups -OCH3 is 1. The summed E-state index contributed by atoms with van der Waals surface area (Å²) in [4.78, 5) is 2.03. The molecular weight excluding hydrogens is 491 g/mol. The Balaban J connectivity index is 1.86. The highest BCUT2D eigenvalue weighted by Crippen LogP contribution is 2.35. The van der Waals surface area contributed by atoms with E-state index in [9.17, 15) is 13.2 Å². The zero-order valence-corrected chi connectivity index (χ0v) is 20.3. The second kappa shape index (κ2) is 11.6. The molecule has 3 aromatic carbocycles. The molecule has 4 aromatic rings. The fourth-order valence-corrected chi connectivity index (χ4v) is 4.25. The first-order valence-electron chi connectivity index (χ1n) is 11.3. The Kier molecular flexibility index (Phi) is 8.35. The topological polar surface area (TPSA) is 56.1 Å². The zero-order valence-electron chi connectivity index (χ0n) is 19.6. The predicted octanol–water partition coefficient (Wildman–Crippen LogP) is 5.78. The molecule has 1 unspecified atom stereocenters. The van der Waals surface area contributed by atoms with Crippen LogP contribution in [0.15, 0.2) is 78.9 Å². The first-order valence-corrected chi connectivity index (χ1v) is 11.7. The summed E-state index contributed by atoms with van der Waals surface area (Å²) >= 11 is 6.49. The number of alkyl halides is 3. The van der Waals surface area contributed by atoms with Crippen LogP contribution in [0.4, 0.5) is 13.2 Å². The van der Waals surface area contributed by atoms with Crippen molar-refractivity contribution in [3.63, 3.8) is 0 Å². The van der Waals surface area contributed by atoms with Gasteiger partial charge >= 0.3 is 6.18 Å². The lowest BCUT2D eigenvalue weighted by Crippen LogP contribution is -2.32. The van der Waals surface area contributed by atoms with Gasteiger partial charge in [-0.25, -0.2) is 4.68 Å². The quantitative estimate of drug-likeness (QED) is 0.268. The summed E-state index contributed by atoms with van der Waals surface area (Å²) in [5.74, 6) is 0.411. The van der Waals surface area contributed by atoms with Crippen molar-refractivity contribution in [2.75, 3.05) is 13.7 Å². The number of aromatic nitrogens is 4. The van der Waals surface area contributed by atoms with E-state index in [1.807, 2.05) is 53.4 Å². The van der Waals surface area contributed by atoms with Crippen LogP contribution in [0, 0.1) is 0 Å². The summed E-state index contributed by atoms with van der Waals surface area (Å²) in [5.41, 5.74) is 1.50. The Morgan fingerprint density at radius 3 is 2.44 bits per heavy atom. The predicted molar refractivity (Wildman–Crippen MR) is 130 cm³/mol. The van der Waals surface area contributed by atoms with Crippen LogP contribution in [0.1, 0.15) is 34.1 Å². The molecule has 1 heterocycles. The number of hydrogen-bond donors (Lipinski definition) is 0. The standard InChI is InChI=1S/C26H25ClF3N5O/c1-36-15-14-35-25(31-32-33-35)24(20-11-7-12-22(16-20)26(28,29)30)34(17-19-8-3-2-4-9-19)18-21-10-5-6-13-23(21)27/h2-13,16,24H,14-15,17-18H2,1H3. The minimum absolute atomic E-state index is 0.344. The van der Waals surface area contributed by atoms with Crippen LogP contribution in [0.25, 0.3) is 0 Å². The Morgan fingerprint density at radius 2 is 1.72 bits per heavy atom. The van der Waals surface area contributed by atoms with Gasteiger partial charge in [-0.15, -0.1) is 5.10 Å². The summed E-state index contributed by atoms with van der Waals surface area (Å²) in [6, 6.07) is 21.7. The lowest BCUT2D eigenvalue weighted by Gasteiger charge is -2.32. The Morgan fingerprint density at radius 1 is 0.972 bits per heavy atom. The first-order chi connectivity index (χ1) is 17.4. The zero-order chi connectivity index (χ0) is 25.5. The number of tetrazole rings is 1. The SMILES string of the molecule is COCCn1nnnc1C(c1cccc(C(F)(F)F)c1)N(Cc1ccccc1)Cc1ccccc1Cl. The molecule has 0 aliphatic rings. The molecule has 0 saturated carbocycles. The lowest BCUT2D eigenvalue weighted by molar-refractivity contribution is -0.137. The highest BCUT2D eigenvalue weighted by atomic mass is 35.5. The minimum Gasteiger partial charge on any atom is -0.383 e. The van der Waals surface area contributed by atoms with Crippen LogP contribution in [-0.2, 0) is 30.5 Å². The summed E-state index contributed by atoms with van der Waals surface area (Å²) in [5, 5.41) is 12.7. The van der Waals surface area contributed by atoms with Crippen molar-refractivity contribution >= 4 is 11.6 Å². The van der Waals surface area contributed by atoms with Crippen LogP contribution in [0.2, 0.25) is 5.02 Å². The van der Waals surface area contributed by atoms with Crippen molar-refractivity contribution < 1.29 is 17.9 Å². The molecule has 0 amide bonds. The molecule has 0 N–H and O–H groups in total. The molecule has 1 aromatic heterocycles. The van der Waals surface area contributed by atoms with E-state index in [1.54, 1.807) is 23.9 Å². The summed E-state index contributed by atoms with van der Waals surface area (Å²) in [6.45, 7) is 1.47. The maximum Gasteiger partial charge on any atom is 0.416 e. The van der Waals surface area contributed by atoms with E-state index in [-0.39, 0.29) is 0 Å². The number of halogens is 4. The van der Waals surface area contributed by atoms with Gasteiger partial charge in [0.05, 0.1) is 24.8 Å². The third kappa shape index (κ3) is 6.29. The molecule has 0 fully saturated rings. The fourth-order valence-electron chi connectivity index (χ4n) is 4.05. The van der Waals surface area contributed by atoms with Crippen LogP contribution in [0.3, 0.4) is 0 Å². The van der Waals surface area contributed by atoms with E-state index in [4.69, 9.17) is 16.3 Å². The largest absolute Gasteiger partial charge is 0.416 e. The molecule has 188 valence electrons. The number of nitrogens with zero attached hydrogens (tertiary/aromatic N) is 5. The monoisotopic (exact) mass is 515 g/mol. The van der Waals surface area contributed by atoms with Gasteiger partial charge in [0.15, 0.2) is 5.82 Å². The smallest absolute Gasteiger partial charge is 0.383 e. The van der Waals surface area contributed by atoms with E-state index in [0.29, 0.717) is 42.7 Å². The van der Waals surface area contributed by atoms with Gasteiger partial charge in [0, 0.05) is 25.2 Å². The van der Waals surface area contributed by atoms with Crippen molar-refractivity contribution in [1.29, 1.82) is 0 Å². The number of benzene rings is 3. The molecule has 0 aliphatic heterocycles. The lowest BCUT2D eigenvalue weighted by atomic mass is 9.99. The van der Waals surface area contributed by atoms with E-state index in [0.717, 1.165) is 23.3 Å². The summed E-state index contributed by atoms with van der Waals surface area (Å²) < 4.78 is 47.8. The van der Waals surface area contributed by atoms with Crippen LogP contribution < -0.4 is 0 Å². The van der Waals surface area contributed by atoms with Crippen LogP contribution >= 0.6 is 11.6 Å². The average molecular weight is 516 g/mol. The second-order valence-corrected chi connectivity index (χ2v) is 8.67. The average Bonchev–Trinajstić information content (AvgIpc) is 3.32. The van der Waals surface area contributed by atoms with Gasteiger partial charge in [0.25, 0.3) is 0 Å². The molecule has 0 saturated heterocycles. The van der Waals surface area contributed by atoms with Gasteiger partial charge in [0.1, 0.15) is 0 Å². The maximum absolute atomic E-state index is 13.7. The van der Waals surface area contributed by atoms with Crippen LogP contribution in [0.5, 0.6) is 0 Å². The highest BCUT2D eigenvalue weighted by Gasteiger charge is 2.34. The van der Waals surface area contributed by atoms with Crippen LogP contribution in [-0.4, -0.2) is 38.8 Å². The van der Waals surface area contributed by atoms with Gasteiger partial charge in [0.2, 0.25) is 0 Å².